The van der Waals surface area contributed by atoms with Gasteiger partial charge in [0.15, 0.2) is 0 Å². The van der Waals surface area contributed by atoms with Gasteiger partial charge in [-0.2, -0.15) is 0 Å². The monoisotopic (exact) mass is 328 g/mol. The Morgan fingerprint density at radius 1 is 1.04 bits per heavy atom. The number of fused-ring (bicyclic) bond motifs is 3. The third kappa shape index (κ3) is 2.42. The fourth-order valence-electron chi connectivity index (χ4n) is 5.42. The lowest BCUT2D eigenvalue weighted by atomic mass is 9.82. The Balaban J connectivity index is 1.60. The molecule has 0 spiro atoms. The average Bonchev–Trinajstić information content (AvgIpc) is 2.77. The molecule has 5 rings (SSSR count). The number of hydrogen-bond acceptors (Lipinski definition) is 3. The van der Waals surface area contributed by atoms with Gasteiger partial charge in [-0.05, 0) is 61.1 Å². The van der Waals surface area contributed by atoms with Crippen LogP contribution in [-0.4, -0.2) is 31.4 Å². The zero-order valence-corrected chi connectivity index (χ0v) is 14.8. The van der Waals surface area contributed by atoms with Gasteiger partial charge in [-0.25, -0.2) is 0 Å². The molecule has 23 heavy (non-hydrogen) atoms. The number of thioether (sulfide) groups is 1. The van der Waals surface area contributed by atoms with Crippen molar-refractivity contribution >= 4 is 17.4 Å². The number of hydrogen-bond donors (Lipinski definition) is 1. The fourth-order valence-corrected chi connectivity index (χ4v) is 6.50. The highest BCUT2D eigenvalue weighted by Crippen LogP contribution is 2.51. The maximum Gasteiger partial charge on any atom is 0.0544 e. The molecule has 0 aromatic heterocycles. The summed E-state index contributed by atoms with van der Waals surface area (Å²) in [5.74, 6) is 2.87. The first-order valence-electron chi connectivity index (χ1n) is 9.70. The molecule has 0 radical (unpaired) electrons. The third-order valence-electron chi connectivity index (χ3n) is 6.54. The highest BCUT2D eigenvalue weighted by Gasteiger charge is 2.42. The smallest absolute Gasteiger partial charge is 0.0544 e. The number of anilines is 1. The van der Waals surface area contributed by atoms with Crippen LogP contribution in [0, 0.1) is 0 Å². The maximum atomic E-state index is 3.66. The van der Waals surface area contributed by atoms with E-state index in [4.69, 9.17) is 0 Å². The molecule has 4 aliphatic rings. The van der Waals surface area contributed by atoms with Gasteiger partial charge in [-0.3, -0.25) is 0 Å². The Hall–Kier alpha value is -0.670. The van der Waals surface area contributed by atoms with Crippen molar-refractivity contribution in [2.45, 2.75) is 67.7 Å². The van der Waals surface area contributed by atoms with Gasteiger partial charge in [0.1, 0.15) is 0 Å². The molecule has 2 atom stereocenters. The molecular formula is C20H28N2S. The minimum Gasteiger partial charge on any atom is -0.367 e. The van der Waals surface area contributed by atoms with Crippen molar-refractivity contribution in [3.05, 3.63) is 23.3 Å². The van der Waals surface area contributed by atoms with Crippen molar-refractivity contribution in [2.24, 2.45) is 0 Å². The van der Waals surface area contributed by atoms with E-state index in [0.717, 1.165) is 17.9 Å². The minimum atomic E-state index is 0.736. The van der Waals surface area contributed by atoms with E-state index >= 15 is 0 Å². The van der Waals surface area contributed by atoms with E-state index in [1.807, 2.05) is 0 Å². The van der Waals surface area contributed by atoms with Crippen LogP contribution in [0.25, 0.3) is 0 Å². The summed E-state index contributed by atoms with van der Waals surface area (Å²) in [6, 6.07) is 5.99. The summed E-state index contributed by atoms with van der Waals surface area (Å²) in [5.41, 5.74) is 4.99. The second kappa shape index (κ2) is 6.00. The molecule has 124 valence electrons. The van der Waals surface area contributed by atoms with Gasteiger partial charge in [0.05, 0.1) is 5.69 Å². The fraction of sp³-hybridized carbons (Fsp3) is 0.700. The minimum absolute atomic E-state index is 0.736. The molecule has 2 nitrogen and oxygen atoms in total. The molecule has 1 saturated carbocycles. The molecule has 0 bridgehead atoms. The Morgan fingerprint density at radius 3 is 2.87 bits per heavy atom. The van der Waals surface area contributed by atoms with E-state index in [1.54, 1.807) is 21.7 Å². The first kappa shape index (κ1) is 14.7. The Bertz CT molecular complexity index is 594. The molecular weight excluding hydrogens is 300 g/mol. The lowest BCUT2D eigenvalue weighted by Gasteiger charge is -2.33. The molecule has 2 fully saturated rings. The summed E-state index contributed by atoms with van der Waals surface area (Å²) in [6.07, 6.45) is 9.81. The van der Waals surface area contributed by atoms with Crippen molar-refractivity contribution < 1.29 is 0 Å². The van der Waals surface area contributed by atoms with Gasteiger partial charge < -0.3 is 10.2 Å². The van der Waals surface area contributed by atoms with Crippen LogP contribution >= 0.6 is 11.8 Å². The summed E-state index contributed by atoms with van der Waals surface area (Å²) in [6.45, 7) is 3.66. The summed E-state index contributed by atoms with van der Waals surface area (Å²) in [5, 5.41) is 3.66. The number of nitrogens with one attached hydrogen (secondary N) is 1. The normalized spacial score (nSPS) is 30.7. The van der Waals surface area contributed by atoms with Crippen molar-refractivity contribution in [3.63, 3.8) is 0 Å². The van der Waals surface area contributed by atoms with Crippen LogP contribution < -0.4 is 10.2 Å². The van der Waals surface area contributed by atoms with Gasteiger partial charge in [0, 0.05) is 29.9 Å². The van der Waals surface area contributed by atoms with Crippen LogP contribution in [0.15, 0.2) is 17.0 Å². The predicted octanol–water partition coefficient (Wildman–Crippen LogP) is 4.50. The second-order valence-corrected chi connectivity index (χ2v) is 8.99. The summed E-state index contributed by atoms with van der Waals surface area (Å²) >= 11 is 2.13. The molecule has 3 heterocycles. The first-order chi connectivity index (χ1) is 11.4. The molecule has 1 N–H and O–H groups in total. The van der Waals surface area contributed by atoms with E-state index in [1.165, 1.54) is 70.3 Å². The van der Waals surface area contributed by atoms with Gasteiger partial charge in [-0.15, -0.1) is 11.8 Å². The zero-order chi connectivity index (χ0) is 15.2. The summed E-state index contributed by atoms with van der Waals surface area (Å²) < 4.78 is 0. The molecule has 1 aliphatic carbocycles. The van der Waals surface area contributed by atoms with Crippen LogP contribution in [0.3, 0.4) is 0 Å². The molecule has 0 amide bonds. The van der Waals surface area contributed by atoms with Crippen molar-refractivity contribution in [3.8, 4) is 0 Å². The quantitative estimate of drug-likeness (QED) is 0.817. The molecule has 1 aromatic rings. The Kier molecular flexibility index (Phi) is 3.82. The zero-order valence-electron chi connectivity index (χ0n) is 14.0. The Morgan fingerprint density at radius 2 is 1.96 bits per heavy atom. The van der Waals surface area contributed by atoms with Crippen molar-refractivity contribution in [1.29, 1.82) is 0 Å². The molecule has 0 unspecified atom stereocenters. The lowest BCUT2D eigenvalue weighted by molar-refractivity contribution is 0.402. The number of piperidine rings is 1. The number of nitrogens with zero attached hydrogens (tertiary/aromatic N) is 1. The van der Waals surface area contributed by atoms with Gasteiger partial charge in [-0.1, -0.05) is 25.3 Å². The molecule has 3 heteroatoms. The average molecular weight is 329 g/mol. The van der Waals surface area contributed by atoms with Crippen LogP contribution in [0.5, 0.6) is 0 Å². The topological polar surface area (TPSA) is 15.3 Å². The SMILES string of the molecule is c1c(C2CCCCC2)cc2c3c1SCCCN3[C@H]1CCNC[C@@H]21. The van der Waals surface area contributed by atoms with E-state index in [0.29, 0.717) is 0 Å². The highest BCUT2D eigenvalue weighted by molar-refractivity contribution is 7.99. The third-order valence-corrected chi connectivity index (χ3v) is 7.65. The second-order valence-electron chi connectivity index (χ2n) is 7.85. The first-order valence-corrected chi connectivity index (χ1v) is 10.7. The Labute approximate surface area is 144 Å². The number of rotatable bonds is 1. The standard InChI is InChI=1S/C20H28N2S/c1-2-5-14(6-3-1)15-11-16-17-13-21-8-7-18(17)22-9-4-10-23-19(12-15)20(16)22/h11-12,14,17-18,21H,1-10,13H2/t17-,18-/m0/s1. The maximum absolute atomic E-state index is 3.66. The van der Waals surface area contributed by atoms with Crippen LogP contribution in [-0.2, 0) is 0 Å². The van der Waals surface area contributed by atoms with Gasteiger partial charge in [0.2, 0.25) is 0 Å². The molecule has 1 saturated heterocycles. The predicted molar refractivity (Wildman–Crippen MR) is 99.0 cm³/mol. The van der Waals surface area contributed by atoms with Crippen molar-refractivity contribution in [2.75, 3.05) is 30.3 Å². The van der Waals surface area contributed by atoms with E-state index in [-0.39, 0.29) is 0 Å². The lowest BCUT2D eigenvalue weighted by Crippen LogP contribution is -2.44. The van der Waals surface area contributed by atoms with Crippen LogP contribution in [0.4, 0.5) is 5.69 Å². The van der Waals surface area contributed by atoms with Crippen LogP contribution in [0.1, 0.15) is 67.9 Å². The van der Waals surface area contributed by atoms with Gasteiger partial charge >= 0.3 is 0 Å². The van der Waals surface area contributed by atoms with Crippen LogP contribution in [0.2, 0.25) is 0 Å². The molecule has 3 aliphatic heterocycles. The number of benzene rings is 1. The van der Waals surface area contributed by atoms with Gasteiger partial charge in [0.25, 0.3) is 0 Å². The van der Waals surface area contributed by atoms with E-state index < -0.39 is 0 Å². The van der Waals surface area contributed by atoms with E-state index in [9.17, 15) is 0 Å². The summed E-state index contributed by atoms with van der Waals surface area (Å²) in [4.78, 5) is 4.40. The van der Waals surface area contributed by atoms with E-state index in [2.05, 4.69) is 34.1 Å². The summed E-state index contributed by atoms with van der Waals surface area (Å²) in [7, 11) is 0. The highest BCUT2D eigenvalue weighted by atomic mass is 32.2. The molecule has 1 aromatic carbocycles. The van der Waals surface area contributed by atoms with Crippen molar-refractivity contribution in [1.82, 2.24) is 5.32 Å². The largest absolute Gasteiger partial charge is 0.367 e.